The largest absolute Gasteiger partial charge is 0.314 e. The van der Waals surface area contributed by atoms with Crippen LogP contribution in [0.3, 0.4) is 0 Å². The minimum Gasteiger partial charge on any atom is -0.314 e. The first kappa shape index (κ1) is 17.4. The Bertz CT molecular complexity index is 201. The molecule has 0 aromatic carbocycles. The van der Waals surface area contributed by atoms with Crippen molar-refractivity contribution < 1.29 is 0 Å². The Morgan fingerprint density at radius 2 is 1.89 bits per heavy atom. The van der Waals surface area contributed by atoms with Crippen molar-refractivity contribution in [3.63, 3.8) is 0 Å². The molecule has 1 rings (SSSR count). The molecule has 0 radical (unpaired) electrons. The van der Waals surface area contributed by atoms with Crippen LogP contribution in [-0.4, -0.2) is 24.1 Å². The zero-order valence-electron chi connectivity index (χ0n) is 13.4. The van der Waals surface area contributed by atoms with Crippen molar-refractivity contribution in [1.82, 2.24) is 5.32 Å². The predicted octanol–water partition coefficient (Wildman–Crippen LogP) is 5.10. The summed E-state index contributed by atoms with van der Waals surface area (Å²) in [6.07, 6.45) is 11.3. The summed E-state index contributed by atoms with van der Waals surface area (Å²) in [5, 5.41) is 3.76. The van der Waals surface area contributed by atoms with Crippen molar-refractivity contribution in [1.29, 1.82) is 0 Å². The molecular weight excluding hydrogens is 250 g/mol. The maximum absolute atomic E-state index is 3.76. The van der Waals surface area contributed by atoms with Crippen molar-refractivity contribution in [3.8, 4) is 0 Å². The predicted molar refractivity (Wildman–Crippen MR) is 90.1 cm³/mol. The third-order valence-corrected chi connectivity index (χ3v) is 5.66. The van der Waals surface area contributed by atoms with Gasteiger partial charge in [-0.05, 0) is 55.6 Å². The van der Waals surface area contributed by atoms with Crippen LogP contribution in [0.5, 0.6) is 0 Å². The standard InChI is InChI=1S/C17H35NS/c1-4-7-8-15(5-2)13-17(18-6-3)14-16-9-11-19-12-10-16/h15-18H,4-14H2,1-3H3. The Balaban J connectivity index is 2.36. The maximum Gasteiger partial charge on any atom is 0.00722 e. The summed E-state index contributed by atoms with van der Waals surface area (Å²) < 4.78 is 0. The molecule has 1 saturated heterocycles. The van der Waals surface area contributed by atoms with Crippen molar-refractivity contribution in [2.75, 3.05) is 18.1 Å². The lowest BCUT2D eigenvalue weighted by Crippen LogP contribution is -2.33. The van der Waals surface area contributed by atoms with E-state index in [9.17, 15) is 0 Å². The zero-order chi connectivity index (χ0) is 13.9. The van der Waals surface area contributed by atoms with Gasteiger partial charge in [-0.1, -0.05) is 46.5 Å². The molecule has 2 atom stereocenters. The normalized spacial score (nSPS) is 20.4. The first-order valence-corrected chi connectivity index (χ1v) is 9.76. The molecule has 1 aliphatic rings. The minimum atomic E-state index is 0.778. The van der Waals surface area contributed by atoms with Gasteiger partial charge in [0, 0.05) is 6.04 Å². The van der Waals surface area contributed by atoms with Gasteiger partial charge in [-0.3, -0.25) is 0 Å². The second-order valence-electron chi connectivity index (χ2n) is 6.20. The topological polar surface area (TPSA) is 12.0 Å². The molecule has 1 fully saturated rings. The van der Waals surface area contributed by atoms with Crippen molar-refractivity contribution in [3.05, 3.63) is 0 Å². The second kappa shape index (κ2) is 11.0. The van der Waals surface area contributed by atoms with E-state index < -0.39 is 0 Å². The molecule has 0 amide bonds. The maximum atomic E-state index is 3.76. The van der Waals surface area contributed by atoms with E-state index in [4.69, 9.17) is 0 Å². The van der Waals surface area contributed by atoms with E-state index in [1.807, 2.05) is 0 Å². The molecule has 114 valence electrons. The molecule has 2 unspecified atom stereocenters. The highest BCUT2D eigenvalue weighted by Gasteiger charge is 2.21. The third kappa shape index (κ3) is 7.60. The van der Waals surface area contributed by atoms with E-state index in [2.05, 4.69) is 37.8 Å². The van der Waals surface area contributed by atoms with Crippen LogP contribution in [0.2, 0.25) is 0 Å². The molecular formula is C17H35NS. The number of hydrogen-bond donors (Lipinski definition) is 1. The van der Waals surface area contributed by atoms with Crippen LogP contribution in [-0.2, 0) is 0 Å². The first-order chi connectivity index (χ1) is 9.30. The van der Waals surface area contributed by atoms with Gasteiger partial charge in [0.1, 0.15) is 0 Å². The number of thioether (sulfide) groups is 1. The quantitative estimate of drug-likeness (QED) is 0.599. The Morgan fingerprint density at radius 1 is 1.16 bits per heavy atom. The Hall–Kier alpha value is 0.310. The fourth-order valence-corrected chi connectivity index (χ4v) is 4.52. The van der Waals surface area contributed by atoms with Crippen molar-refractivity contribution in [2.45, 2.75) is 78.2 Å². The first-order valence-electron chi connectivity index (χ1n) is 8.61. The van der Waals surface area contributed by atoms with Crippen LogP contribution in [0, 0.1) is 11.8 Å². The van der Waals surface area contributed by atoms with E-state index in [1.54, 1.807) is 0 Å². The van der Waals surface area contributed by atoms with Crippen molar-refractivity contribution in [2.24, 2.45) is 11.8 Å². The summed E-state index contributed by atoms with van der Waals surface area (Å²) in [5.74, 6) is 4.74. The molecule has 2 heteroatoms. The van der Waals surface area contributed by atoms with Crippen LogP contribution >= 0.6 is 11.8 Å². The monoisotopic (exact) mass is 285 g/mol. The highest BCUT2D eigenvalue weighted by atomic mass is 32.2. The smallest absolute Gasteiger partial charge is 0.00722 e. The summed E-state index contributed by atoms with van der Waals surface area (Å²) in [4.78, 5) is 0. The van der Waals surface area contributed by atoms with E-state index in [0.29, 0.717) is 0 Å². The third-order valence-electron chi connectivity index (χ3n) is 4.61. The fraction of sp³-hybridized carbons (Fsp3) is 1.00. The highest BCUT2D eigenvalue weighted by Crippen LogP contribution is 2.29. The van der Waals surface area contributed by atoms with Gasteiger partial charge in [-0.15, -0.1) is 0 Å². The zero-order valence-corrected chi connectivity index (χ0v) is 14.2. The molecule has 1 aliphatic heterocycles. The Morgan fingerprint density at radius 3 is 2.47 bits per heavy atom. The molecule has 1 heterocycles. The number of nitrogens with one attached hydrogen (secondary N) is 1. The van der Waals surface area contributed by atoms with E-state index >= 15 is 0 Å². The average Bonchev–Trinajstić information content (AvgIpc) is 2.44. The molecule has 19 heavy (non-hydrogen) atoms. The van der Waals surface area contributed by atoms with E-state index in [-0.39, 0.29) is 0 Å². The molecule has 0 saturated carbocycles. The summed E-state index contributed by atoms with van der Waals surface area (Å²) in [6.45, 7) is 8.09. The number of hydrogen-bond acceptors (Lipinski definition) is 2. The van der Waals surface area contributed by atoms with Crippen LogP contribution in [0.4, 0.5) is 0 Å². The van der Waals surface area contributed by atoms with Gasteiger partial charge in [0.2, 0.25) is 0 Å². The van der Waals surface area contributed by atoms with Gasteiger partial charge >= 0.3 is 0 Å². The fourth-order valence-electron chi connectivity index (χ4n) is 3.32. The molecule has 1 nitrogen and oxygen atoms in total. The molecule has 0 aromatic rings. The van der Waals surface area contributed by atoms with Crippen molar-refractivity contribution >= 4 is 11.8 Å². The summed E-state index contributed by atoms with van der Waals surface area (Å²) in [5.41, 5.74) is 0. The van der Waals surface area contributed by atoms with Crippen LogP contribution in [0.15, 0.2) is 0 Å². The highest BCUT2D eigenvalue weighted by molar-refractivity contribution is 7.99. The molecule has 0 aromatic heterocycles. The summed E-state index contributed by atoms with van der Waals surface area (Å²) in [7, 11) is 0. The molecule has 0 aliphatic carbocycles. The van der Waals surface area contributed by atoms with Gasteiger partial charge < -0.3 is 5.32 Å². The van der Waals surface area contributed by atoms with E-state index in [1.165, 1.54) is 62.9 Å². The van der Waals surface area contributed by atoms with Gasteiger partial charge in [-0.25, -0.2) is 0 Å². The van der Waals surface area contributed by atoms with Crippen LogP contribution < -0.4 is 5.32 Å². The Labute approximate surface area is 125 Å². The van der Waals surface area contributed by atoms with Gasteiger partial charge in [-0.2, -0.15) is 11.8 Å². The Kier molecular flexibility index (Phi) is 10.1. The summed E-state index contributed by atoms with van der Waals surface area (Å²) >= 11 is 2.15. The summed E-state index contributed by atoms with van der Waals surface area (Å²) in [6, 6.07) is 0.778. The number of rotatable bonds is 10. The lowest BCUT2D eigenvalue weighted by Gasteiger charge is -2.29. The van der Waals surface area contributed by atoms with E-state index in [0.717, 1.165) is 24.4 Å². The molecule has 0 bridgehead atoms. The molecule has 0 spiro atoms. The second-order valence-corrected chi connectivity index (χ2v) is 7.42. The van der Waals surface area contributed by atoms with Gasteiger partial charge in [0.05, 0.1) is 0 Å². The van der Waals surface area contributed by atoms with Crippen LogP contribution in [0.25, 0.3) is 0 Å². The van der Waals surface area contributed by atoms with Gasteiger partial charge in [0.15, 0.2) is 0 Å². The SMILES string of the molecule is CCCCC(CC)CC(CC1CCSCC1)NCC. The minimum absolute atomic E-state index is 0.778. The number of unbranched alkanes of at least 4 members (excludes halogenated alkanes) is 1. The molecule has 1 N–H and O–H groups in total. The lowest BCUT2D eigenvalue weighted by molar-refractivity contribution is 0.298. The van der Waals surface area contributed by atoms with Crippen LogP contribution in [0.1, 0.15) is 72.1 Å². The van der Waals surface area contributed by atoms with Gasteiger partial charge in [0.25, 0.3) is 0 Å². The lowest BCUT2D eigenvalue weighted by atomic mass is 9.86. The average molecular weight is 286 g/mol.